The molecule has 1 aromatic rings. The van der Waals surface area contributed by atoms with Gasteiger partial charge < -0.3 is 15.7 Å². The van der Waals surface area contributed by atoms with Crippen LogP contribution in [0.25, 0.3) is 0 Å². The molecular weight excluding hydrogens is 349 g/mol. The van der Waals surface area contributed by atoms with Gasteiger partial charge in [0.05, 0.1) is 17.6 Å². The van der Waals surface area contributed by atoms with Crippen LogP contribution in [0.2, 0.25) is 0 Å². The third-order valence-electron chi connectivity index (χ3n) is 3.19. The van der Waals surface area contributed by atoms with Crippen LogP contribution in [-0.2, 0) is 9.59 Å². The van der Waals surface area contributed by atoms with E-state index in [1.165, 1.54) is 11.3 Å². The summed E-state index contributed by atoms with van der Waals surface area (Å²) in [5, 5.41) is 24.0. The lowest BCUT2D eigenvalue weighted by molar-refractivity contribution is -0.192. The lowest BCUT2D eigenvalue weighted by Crippen LogP contribution is -2.38. The van der Waals surface area contributed by atoms with E-state index < -0.39 is 12.1 Å². The number of aromatic nitrogens is 1. The Morgan fingerprint density at radius 1 is 1.58 bits per heavy atom. The summed E-state index contributed by atoms with van der Waals surface area (Å²) < 4.78 is 31.7. The molecule has 2 unspecified atom stereocenters. The molecule has 3 N–H and O–H groups in total. The Hall–Kier alpha value is -2.19. The number of nitrogens with zero attached hydrogens (tertiary/aromatic N) is 2. The maximum atomic E-state index is 12.2. The van der Waals surface area contributed by atoms with E-state index in [2.05, 4.69) is 21.7 Å². The largest absolute Gasteiger partial charge is 0.490 e. The monoisotopic (exact) mass is 364 g/mol. The highest BCUT2D eigenvalue weighted by Gasteiger charge is 2.38. The summed E-state index contributed by atoms with van der Waals surface area (Å²) >= 11 is 1.48. The molecule has 0 radical (unpaired) electrons. The minimum atomic E-state index is -5.08. The van der Waals surface area contributed by atoms with Crippen molar-refractivity contribution in [2.45, 2.75) is 31.6 Å². The number of carbonyl (C=O) groups is 2. The summed E-state index contributed by atoms with van der Waals surface area (Å²) in [4.78, 5) is 25.1. The molecule has 24 heavy (non-hydrogen) atoms. The highest BCUT2D eigenvalue weighted by molar-refractivity contribution is 7.07. The van der Waals surface area contributed by atoms with Crippen molar-refractivity contribution in [2.75, 3.05) is 11.9 Å². The zero-order valence-electron chi connectivity index (χ0n) is 12.5. The summed E-state index contributed by atoms with van der Waals surface area (Å²) in [6.07, 6.45) is -4.35. The van der Waals surface area contributed by atoms with Gasteiger partial charge in [-0.25, -0.2) is 9.78 Å². The van der Waals surface area contributed by atoms with Crippen molar-refractivity contribution in [1.29, 1.82) is 5.26 Å². The Balaban J connectivity index is 0.000000351. The van der Waals surface area contributed by atoms with Crippen LogP contribution in [0.3, 0.4) is 0 Å². The van der Waals surface area contributed by atoms with E-state index in [1.807, 2.05) is 12.3 Å². The van der Waals surface area contributed by atoms with Gasteiger partial charge in [-0.1, -0.05) is 0 Å². The van der Waals surface area contributed by atoms with Crippen molar-refractivity contribution in [1.82, 2.24) is 10.3 Å². The number of ketones is 1. The fourth-order valence-corrected chi connectivity index (χ4v) is 2.54. The van der Waals surface area contributed by atoms with E-state index in [9.17, 15) is 18.0 Å². The van der Waals surface area contributed by atoms with Crippen LogP contribution in [0.5, 0.6) is 0 Å². The molecule has 0 aromatic carbocycles. The molecule has 1 aromatic heterocycles. The summed E-state index contributed by atoms with van der Waals surface area (Å²) in [5.41, 5.74) is 1.72. The number of aliphatic carboxylic acids is 1. The number of carboxylic acid groups (broad SMARTS) is 1. The van der Waals surface area contributed by atoms with Crippen LogP contribution in [0, 0.1) is 17.2 Å². The number of rotatable bonds is 4. The number of nitriles is 1. The predicted octanol–water partition coefficient (Wildman–Crippen LogP) is 1.65. The number of anilines is 1. The lowest BCUT2D eigenvalue weighted by atomic mass is 9.92. The Kier molecular flexibility index (Phi) is 7.12. The number of alkyl halides is 3. The second-order valence-electron chi connectivity index (χ2n) is 4.90. The Morgan fingerprint density at radius 3 is 2.67 bits per heavy atom. The molecule has 1 saturated heterocycles. The molecule has 2 rings (SSSR count). The number of hydrogen-bond acceptors (Lipinski definition) is 7. The van der Waals surface area contributed by atoms with Crippen molar-refractivity contribution >= 4 is 28.9 Å². The second kappa shape index (κ2) is 8.60. The minimum Gasteiger partial charge on any atom is -0.475 e. The average Bonchev–Trinajstić information content (AvgIpc) is 3.16. The van der Waals surface area contributed by atoms with E-state index in [0.29, 0.717) is 0 Å². The Labute approximate surface area is 139 Å². The summed E-state index contributed by atoms with van der Waals surface area (Å²) in [6.45, 7) is 2.55. The van der Waals surface area contributed by atoms with Crippen LogP contribution in [-0.4, -0.2) is 46.6 Å². The lowest BCUT2D eigenvalue weighted by Gasteiger charge is -2.18. The molecule has 2 heterocycles. The van der Waals surface area contributed by atoms with Crippen molar-refractivity contribution in [3.8, 4) is 6.07 Å². The molecule has 0 spiro atoms. The fourth-order valence-electron chi connectivity index (χ4n) is 2.04. The molecule has 11 heteroatoms. The third kappa shape index (κ3) is 5.78. The molecule has 0 aliphatic carbocycles. The number of nitrogens with one attached hydrogen (secondary N) is 2. The highest BCUT2D eigenvalue weighted by Crippen LogP contribution is 2.19. The molecule has 132 valence electrons. The smallest absolute Gasteiger partial charge is 0.475 e. The number of carbonyl (C=O) groups excluding carboxylic acids is 1. The average molecular weight is 364 g/mol. The van der Waals surface area contributed by atoms with Gasteiger partial charge in [-0.15, -0.1) is 11.3 Å². The maximum absolute atomic E-state index is 12.2. The van der Waals surface area contributed by atoms with E-state index in [1.54, 1.807) is 5.51 Å². The first-order valence-electron chi connectivity index (χ1n) is 6.78. The molecule has 7 nitrogen and oxygen atoms in total. The molecular formula is C13H15F3N4O3S. The molecule has 3 atom stereocenters. The fraction of sp³-hybridized carbons (Fsp3) is 0.538. The minimum absolute atomic E-state index is 0.0783. The SMILES string of the molecule is C[C@H](Nc1cscn1)C(=O)C1CCNC1C#N.O=C(O)C(F)(F)F. The van der Waals surface area contributed by atoms with Crippen LogP contribution >= 0.6 is 11.3 Å². The van der Waals surface area contributed by atoms with Gasteiger partial charge in [-0.05, 0) is 19.9 Å². The highest BCUT2D eigenvalue weighted by atomic mass is 32.1. The molecule has 0 amide bonds. The number of hydrogen-bond donors (Lipinski definition) is 3. The Bertz CT molecular complexity index is 601. The number of halogens is 3. The van der Waals surface area contributed by atoms with Gasteiger partial charge in [0.2, 0.25) is 0 Å². The zero-order chi connectivity index (χ0) is 18.3. The first kappa shape index (κ1) is 19.9. The van der Waals surface area contributed by atoms with Gasteiger partial charge in [-0.3, -0.25) is 4.79 Å². The summed E-state index contributed by atoms with van der Waals surface area (Å²) in [6, 6.07) is 1.48. The topological polar surface area (TPSA) is 115 Å². The summed E-state index contributed by atoms with van der Waals surface area (Å²) in [5.74, 6) is -2.17. The van der Waals surface area contributed by atoms with Crippen LogP contribution in [0.15, 0.2) is 10.9 Å². The maximum Gasteiger partial charge on any atom is 0.490 e. The zero-order valence-corrected chi connectivity index (χ0v) is 13.3. The molecule has 0 bridgehead atoms. The molecule has 1 fully saturated rings. The first-order valence-corrected chi connectivity index (χ1v) is 7.72. The molecule has 1 aliphatic rings. The van der Waals surface area contributed by atoms with E-state index in [4.69, 9.17) is 15.2 Å². The molecule has 0 saturated carbocycles. The van der Waals surface area contributed by atoms with Crippen molar-refractivity contribution in [3.05, 3.63) is 10.9 Å². The standard InChI is InChI=1S/C11H14N4OS.C2HF3O2/c1-7(15-10-5-17-6-14-10)11(16)8-2-3-13-9(8)4-12;3-2(4,5)1(6)7/h5-9,13,15H,2-3H2,1H3;(H,6,7)/t7-,8?,9?;/m0./s1. The van der Waals surface area contributed by atoms with E-state index in [-0.39, 0.29) is 23.8 Å². The van der Waals surface area contributed by atoms with Gasteiger partial charge in [0.25, 0.3) is 0 Å². The van der Waals surface area contributed by atoms with Crippen LogP contribution < -0.4 is 10.6 Å². The quantitative estimate of drug-likeness (QED) is 0.744. The van der Waals surface area contributed by atoms with Gasteiger partial charge in [0.15, 0.2) is 5.78 Å². The van der Waals surface area contributed by atoms with Crippen molar-refractivity contribution < 1.29 is 27.9 Å². The first-order chi connectivity index (χ1) is 11.2. The predicted molar refractivity (Wildman–Crippen MR) is 79.4 cm³/mol. The van der Waals surface area contributed by atoms with E-state index >= 15 is 0 Å². The normalized spacial score (nSPS) is 21.1. The van der Waals surface area contributed by atoms with E-state index in [0.717, 1.165) is 18.8 Å². The van der Waals surface area contributed by atoms with Gasteiger partial charge in [0, 0.05) is 11.3 Å². The number of thiazole rings is 1. The van der Waals surface area contributed by atoms with Gasteiger partial charge in [0.1, 0.15) is 11.9 Å². The van der Waals surface area contributed by atoms with Crippen LogP contribution in [0.4, 0.5) is 19.0 Å². The Morgan fingerprint density at radius 2 is 2.21 bits per heavy atom. The number of Topliss-reactive ketones (excluding diaryl/α,β-unsaturated/α-hetero) is 1. The van der Waals surface area contributed by atoms with Crippen molar-refractivity contribution in [3.63, 3.8) is 0 Å². The van der Waals surface area contributed by atoms with Gasteiger partial charge in [-0.2, -0.15) is 18.4 Å². The van der Waals surface area contributed by atoms with Gasteiger partial charge >= 0.3 is 12.1 Å². The van der Waals surface area contributed by atoms with Crippen LogP contribution in [0.1, 0.15) is 13.3 Å². The molecule has 1 aliphatic heterocycles. The summed E-state index contributed by atoms with van der Waals surface area (Å²) in [7, 11) is 0. The second-order valence-corrected chi connectivity index (χ2v) is 5.62. The van der Waals surface area contributed by atoms with Crippen molar-refractivity contribution in [2.24, 2.45) is 5.92 Å². The third-order valence-corrected chi connectivity index (χ3v) is 3.78. The number of carboxylic acids is 1.